The topological polar surface area (TPSA) is 39.1 Å². The Kier molecular flexibility index (Phi) is 5.49. The van der Waals surface area contributed by atoms with Crippen LogP contribution in [0.3, 0.4) is 0 Å². The maximum absolute atomic E-state index is 5.26. The molecule has 0 saturated heterocycles. The molecule has 2 atom stereocenters. The summed E-state index contributed by atoms with van der Waals surface area (Å²) in [5.41, 5.74) is 0. The molecule has 1 rings (SSSR count). The fourth-order valence-corrected chi connectivity index (χ4v) is 1.82. The quantitative estimate of drug-likeness (QED) is 0.771. The van der Waals surface area contributed by atoms with Crippen LogP contribution in [0, 0.1) is 0 Å². The molecule has 2 unspecified atom stereocenters. The van der Waals surface area contributed by atoms with Crippen LogP contribution in [-0.2, 0) is 11.3 Å². The molecule has 0 saturated carbocycles. The zero-order chi connectivity index (χ0) is 12.0. The van der Waals surface area contributed by atoms with Gasteiger partial charge in [0.15, 0.2) is 0 Å². The highest BCUT2D eigenvalue weighted by Crippen LogP contribution is 2.18. The summed E-state index contributed by atoms with van der Waals surface area (Å²) in [6, 6.07) is 0.313. The van der Waals surface area contributed by atoms with Gasteiger partial charge >= 0.3 is 0 Å². The second kappa shape index (κ2) is 6.66. The Labute approximate surface area is 98.0 Å². The summed E-state index contributed by atoms with van der Waals surface area (Å²) >= 11 is 0. The van der Waals surface area contributed by atoms with E-state index in [4.69, 9.17) is 4.74 Å². The first-order chi connectivity index (χ1) is 7.72. The average molecular weight is 225 g/mol. The summed E-state index contributed by atoms with van der Waals surface area (Å²) in [6.07, 6.45) is 6.28. The van der Waals surface area contributed by atoms with Gasteiger partial charge < -0.3 is 14.6 Å². The lowest BCUT2D eigenvalue weighted by atomic mass is 10.1. The molecule has 0 fully saturated rings. The third kappa shape index (κ3) is 3.32. The van der Waals surface area contributed by atoms with Gasteiger partial charge in [-0.25, -0.2) is 4.98 Å². The number of imidazole rings is 1. The SMILES string of the molecule is CCn1ccnc1C(CCC(C)OC)NC. The number of rotatable bonds is 7. The van der Waals surface area contributed by atoms with E-state index in [2.05, 4.69) is 28.7 Å². The predicted molar refractivity (Wildman–Crippen MR) is 65.4 cm³/mol. The van der Waals surface area contributed by atoms with E-state index in [9.17, 15) is 0 Å². The monoisotopic (exact) mass is 225 g/mol. The van der Waals surface area contributed by atoms with Crippen molar-refractivity contribution in [1.29, 1.82) is 0 Å². The van der Waals surface area contributed by atoms with Crippen molar-refractivity contribution in [2.24, 2.45) is 0 Å². The molecule has 92 valence electrons. The lowest BCUT2D eigenvalue weighted by Crippen LogP contribution is -2.22. The van der Waals surface area contributed by atoms with Crippen LogP contribution in [0.25, 0.3) is 0 Å². The second-order valence-electron chi connectivity index (χ2n) is 4.04. The Hall–Kier alpha value is -0.870. The van der Waals surface area contributed by atoms with Gasteiger partial charge in [0, 0.05) is 26.0 Å². The van der Waals surface area contributed by atoms with Crippen LogP contribution in [0.5, 0.6) is 0 Å². The number of aryl methyl sites for hydroxylation is 1. The van der Waals surface area contributed by atoms with Gasteiger partial charge in [-0.3, -0.25) is 0 Å². The van der Waals surface area contributed by atoms with Gasteiger partial charge in [0.25, 0.3) is 0 Å². The Morgan fingerprint density at radius 1 is 1.50 bits per heavy atom. The molecule has 0 bridgehead atoms. The fraction of sp³-hybridized carbons (Fsp3) is 0.750. The first-order valence-corrected chi connectivity index (χ1v) is 5.94. The summed E-state index contributed by atoms with van der Waals surface area (Å²) in [7, 11) is 3.74. The van der Waals surface area contributed by atoms with Crippen molar-refractivity contribution in [2.75, 3.05) is 14.2 Å². The van der Waals surface area contributed by atoms with Crippen molar-refractivity contribution in [2.45, 2.75) is 45.4 Å². The van der Waals surface area contributed by atoms with Gasteiger partial charge in [0.1, 0.15) is 5.82 Å². The average Bonchev–Trinajstić information content (AvgIpc) is 2.77. The molecule has 1 heterocycles. The van der Waals surface area contributed by atoms with E-state index in [0.29, 0.717) is 12.1 Å². The van der Waals surface area contributed by atoms with Gasteiger partial charge in [-0.2, -0.15) is 0 Å². The standard InChI is InChI=1S/C12H23N3O/c1-5-15-9-8-14-12(15)11(13-3)7-6-10(2)16-4/h8-11,13H,5-7H2,1-4H3. The number of hydrogen-bond donors (Lipinski definition) is 1. The Balaban J connectivity index is 2.60. The van der Waals surface area contributed by atoms with Crippen LogP contribution in [0.4, 0.5) is 0 Å². The molecule has 1 N–H and O–H groups in total. The largest absolute Gasteiger partial charge is 0.382 e. The van der Waals surface area contributed by atoms with Crippen LogP contribution in [0.15, 0.2) is 12.4 Å². The maximum Gasteiger partial charge on any atom is 0.125 e. The Morgan fingerprint density at radius 3 is 2.81 bits per heavy atom. The number of nitrogens with one attached hydrogen (secondary N) is 1. The molecular weight excluding hydrogens is 202 g/mol. The minimum Gasteiger partial charge on any atom is -0.382 e. The molecule has 0 amide bonds. The number of aromatic nitrogens is 2. The zero-order valence-corrected chi connectivity index (χ0v) is 10.7. The number of hydrogen-bond acceptors (Lipinski definition) is 3. The van der Waals surface area contributed by atoms with Crippen molar-refractivity contribution in [1.82, 2.24) is 14.9 Å². The molecule has 16 heavy (non-hydrogen) atoms. The summed E-state index contributed by atoms with van der Waals surface area (Å²) in [5.74, 6) is 1.12. The Morgan fingerprint density at radius 2 is 2.25 bits per heavy atom. The molecule has 1 aromatic heterocycles. The second-order valence-corrected chi connectivity index (χ2v) is 4.04. The van der Waals surface area contributed by atoms with E-state index < -0.39 is 0 Å². The third-order valence-corrected chi connectivity index (χ3v) is 3.01. The number of nitrogens with zero attached hydrogens (tertiary/aromatic N) is 2. The van der Waals surface area contributed by atoms with Crippen LogP contribution in [-0.4, -0.2) is 29.8 Å². The molecule has 0 spiro atoms. The molecule has 4 heteroatoms. The van der Waals surface area contributed by atoms with E-state index in [1.54, 1.807) is 7.11 Å². The van der Waals surface area contributed by atoms with Crippen LogP contribution >= 0.6 is 0 Å². The van der Waals surface area contributed by atoms with Gasteiger partial charge in [-0.1, -0.05) is 0 Å². The van der Waals surface area contributed by atoms with Crippen molar-refractivity contribution < 1.29 is 4.74 Å². The smallest absolute Gasteiger partial charge is 0.125 e. The van der Waals surface area contributed by atoms with E-state index >= 15 is 0 Å². The molecular formula is C12H23N3O. The first-order valence-electron chi connectivity index (χ1n) is 5.94. The summed E-state index contributed by atoms with van der Waals surface area (Å²) in [4.78, 5) is 4.42. The van der Waals surface area contributed by atoms with Crippen molar-refractivity contribution in [3.63, 3.8) is 0 Å². The van der Waals surface area contributed by atoms with E-state index in [0.717, 1.165) is 25.2 Å². The number of ether oxygens (including phenoxy) is 1. The highest BCUT2D eigenvalue weighted by Gasteiger charge is 2.15. The molecule has 0 aliphatic carbocycles. The molecule has 4 nitrogen and oxygen atoms in total. The van der Waals surface area contributed by atoms with Crippen LogP contribution < -0.4 is 5.32 Å². The molecule has 0 aliphatic rings. The number of methoxy groups -OCH3 is 1. The van der Waals surface area contributed by atoms with E-state index in [1.165, 1.54) is 0 Å². The normalized spacial score (nSPS) is 15.0. The van der Waals surface area contributed by atoms with Crippen LogP contribution in [0.1, 0.15) is 38.6 Å². The highest BCUT2D eigenvalue weighted by molar-refractivity contribution is 4.99. The fourth-order valence-electron chi connectivity index (χ4n) is 1.82. The first kappa shape index (κ1) is 13.2. The van der Waals surface area contributed by atoms with Crippen molar-refractivity contribution >= 4 is 0 Å². The van der Waals surface area contributed by atoms with E-state index in [1.807, 2.05) is 19.4 Å². The predicted octanol–water partition coefficient (Wildman–Crippen LogP) is 1.98. The van der Waals surface area contributed by atoms with Crippen molar-refractivity contribution in [3.8, 4) is 0 Å². The summed E-state index contributed by atoms with van der Waals surface area (Å²) < 4.78 is 7.44. The maximum atomic E-state index is 5.26. The Bertz CT molecular complexity index is 298. The van der Waals surface area contributed by atoms with Gasteiger partial charge in [0.05, 0.1) is 12.1 Å². The zero-order valence-electron chi connectivity index (χ0n) is 10.7. The summed E-state index contributed by atoms with van der Waals surface area (Å²) in [6.45, 7) is 5.20. The lowest BCUT2D eigenvalue weighted by Gasteiger charge is -2.18. The highest BCUT2D eigenvalue weighted by atomic mass is 16.5. The molecule has 0 aliphatic heterocycles. The van der Waals surface area contributed by atoms with Crippen molar-refractivity contribution in [3.05, 3.63) is 18.2 Å². The van der Waals surface area contributed by atoms with Gasteiger partial charge in [-0.15, -0.1) is 0 Å². The summed E-state index contributed by atoms with van der Waals surface area (Å²) in [5, 5.41) is 3.32. The molecule has 0 aromatic carbocycles. The minimum atomic E-state index is 0.306. The molecule has 1 aromatic rings. The molecule has 0 radical (unpaired) electrons. The van der Waals surface area contributed by atoms with E-state index in [-0.39, 0.29) is 0 Å². The van der Waals surface area contributed by atoms with Gasteiger partial charge in [0.2, 0.25) is 0 Å². The minimum absolute atomic E-state index is 0.306. The lowest BCUT2D eigenvalue weighted by molar-refractivity contribution is 0.106. The third-order valence-electron chi connectivity index (χ3n) is 3.01. The van der Waals surface area contributed by atoms with Crippen LogP contribution in [0.2, 0.25) is 0 Å². The van der Waals surface area contributed by atoms with Gasteiger partial charge in [-0.05, 0) is 33.7 Å².